The van der Waals surface area contributed by atoms with E-state index in [1.54, 1.807) is 0 Å². The lowest BCUT2D eigenvalue weighted by Gasteiger charge is -2.55. The summed E-state index contributed by atoms with van der Waals surface area (Å²) in [6.07, 6.45) is 6.45. The van der Waals surface area contributed by atoms with Crippen LogP contribution in [0.1, 0.15) is 38.1 Å². The van der Waals surface area contributed by atoms with Crippen LogP contribution < -0.4 is 5.43 Å². The number of nitrogens with zero attached hydrogens (tertiary/aromatic N) is 3. The number of allylic oxidation sites excluding steroid dienone is 2. The van der Waals surface area contributed by atoms with Crippen LogP contribution in [0.5, 0.6) is 0 Å². The summed E-state index contributed by atoms with van der Waals surface area (Å²) in [5, 5.41) is 4.76. The van der Waals surface area contributed by atoms with Gasteiger partial charge in [0.2, 0.25) is 0 Å². The number of aromatic nitrogens is 2. The van der Waals surface area contributed by atoms with Gasteiger partial charge in [0.25, 0.3) is 5.91 Å². The van der Waals surface area contributed by atoms with Gasteiger partial charge >= 0.3 is 0 Å². The average Bonchev–Trinajstić information content (AvgIpc) is 2.52. The zero-order valence-electron chi connectivity index (χ0n) is 14.7. The number of amides is 1. The smallest absolute Gasteiger partial charge is 0.250 e. The Morgan fingerprint density at radius 2 is 2.12 bits per heavy atom. The van der Waals surface area contributed by atoms with Crippen molar-refractivity contribution in [2.75, 3.05) is 5.75 Å². The first-order chi connectivity index (χ1) is 11.4. The van der Waals surface area contributed by atoms with Crippen LogP contribution in [0.3, 0.4) is 0 Å². The van der Waals surface area contributed by atoms with Gasteiger partial charge in [-0.15, -0.1) is 0 Å². The van der Waals surface area contributed by atoms with Gasteiger partial charge in [-0.25, -0.2) is 15.4 Å². The molecule has 1 aromatic heterocycles. The van der Waals surface area contributed by atoms with E-state index in [1.165, 1.54) is 23.8 Å². The van der Waals surface area contributed by atoms with Gasteiger partial charge in [-0.3, -0.25) is 4.79 Å². The number of hydrogen-bond donors (Lipinski definition) is 1. The molecular weight excluding hydrogens is 320 g/mol. The monoisotopic (exact) mass is 344 g/mol. The van der Waals surface area contributed by atoms with E-state index in [9.17, 15) is 4.79 Å². The van der Waals surface area contributed by atoms with E-state index >= 15 is 0 Å². The maximum Gasteiger partial charge on any atom is 0.250 e. The molecule has 24 heavy (non-hydrogen) atoms. The Balaban J connectivity index is 1.48. The zero-order valence-corrected chi connectivity index (χ0v) is 15.5. The van der Waals surface area contributed by atoms with E-state index < -0.39 is 0 Å². The van der Waals surface area contributed by atoms with Crippen LogP contribution >= 0.6 is 11.8 Å². The van der Waals surface area contributed by atoms with Crippen molar-refractivity contribution in [3.05, 3.63) is 29.1 Å². The summed E-state index contributed by atoms with van der Waals surface area (Å²) in [6.45, 7) is 8.50. The summed E-state index contributed by atoms with van der Waals surface area (Å²) in [5.74, 6) is 1.51. The minimum Gasteiger partial charge on any atom is -0.272 e. The molecule has 1 saturated carbocycles. The molecule has 4 rings (SSSR count). The molecule has 0 aromatic carbocycles. The highest BCUT2D eigenvalue weighted by molar-refractivity contribution is 7.99. The van der Waals surface area contributed by atoms with Crippen molar-refractivity contribution in [3.8, 4) is 0 Å². The van der Waals surface area contributed by atoms with Gasteiger partial charge < -0.3 is 0 Å². The standard InChI is InChI=1S/C18H24N4OS/c1-11-7-12(2)21-17(20-11)24-10-16(23)22-19-9-13-5-6-14-8-15(13)18(14,3)4/h5,7,9,14-15H,6,8,10H2,1-4H3,(H,22,23)/b19-9+/t14-,15+/m0/s1. The highest BCUT2D eigenvalue weighted by atomic mass is 32.2. The minimum absolute atomic E-state index is 0.138. The number of aryl methyl sites for hydroxylation is 2. The number of hydrogen-bond acceptors (Lipinski definition) is 5. The van der Waals surface area contributed by atoms with Crippen molar-refractivity contribution in [1.82, 2.24) is 15.4 Å². The summed E-state index contributed by atoms with van der Waals surface area (Å²) in [7, 11) is 0. The molecule has 0 spiro atoms. The lowest BCUT2D eigenvalue weighted by Crippen LogP contribution is -2.48. The van der Waals surface area contributed by atoms with Crippen LogP contribution in [0.15, 0.2) is 28.0 Å². The number of rotatable bonds is 5. The van der Waals surface area contributed by atoms with Gasteiger partial charge in [0, 0.05) is 11.4 Å². The first-order valence-electron chi connectivity index (χ1n) is 8.33. The Labute approximate surface area is 147 Å². The average molecular weight is 344 g/mol. The van der Waals surface area contributed by atoms with E-state index in [0.29, 0.717) is 16.5 Å². The largest absolute Gasteiger partial charge is 0.272 e. The molecule has 3 aliphatic carbocycles. The van der Waals surface area contributed by atoms with Crippen LogP contribution in [0.4, 0.5) is 0 Å². The summed E-state index contributed by atoms with van der Waals surface area (Å²) < 4.78 is 0. The van der Waals surface area contributed by atoms with Crippen LogP contribution in [0, 0.1) is 31.1 Å². The van der Waals surface area contributed by atoms with E-state index in [-0.39, 0.29) is 11.7 Å². The first-order valence-corrected chi connectivity index (χ1v) is 9.32. The van der Waals surface area contributed by atoms with Crippen molar-refractivity contribution >= 4 is 23.9 Å². The Morgan fingerprint density at radius 3 is 2.75 bits per heavy atom. The van der Waals surface area contributed by atoms with E-state index in [4.69, 9.17) is 0 Å². The fraction of sp³-hybridized carbons (Fsp3) is 0.556. The van der Waals surface area contributed by atoms with Gasteiger partial charge in [-0.2, -0.15) is 5.10 Å². The molecular formula is C18H24N4OS. The molecule has 1 fully saturated rings. The molecule has 3 aliphatic rings. The second-order valence-corrected chi connectivity index (χ2v) is 8.20. The second kappa shape index (κ2) is 6.67. The Morgan fingerprint density at radius 1 is 1.42 bits per heavy atom. The number of carbonyl (C=O) groups excluding carboxylic acids is 1. The Bertz CT molecular complexity index is 691. The fourth-order valence-corrected chi connectivity index (χ4v) is 4.39. The maximum atomic E-state index is 11.9. The lowest BCUT2D eigenvalue weighted by molar-refractivity contribution is -0.118. The summed E-state index contributed by atoms with van der Waals surface area (Å²) in [6, 6.07) is 1.92. The molecule has 0 unspecified atom stereocenters. The van der Waals surface area contributed by atoms with Crippen molar-refractivity contribution in [3.63, 3.8) is 0 Å². The number of fused-ring (bicyclic) bond motifs is 1. The van der Waals surface area contributed by atoms with Crippen molar-refractivity contribution in [2.45, 2.75) is 45.7 Å². The van der Waals surface area contributed by atoms with Gasteiger partial charge in [0.05, 0.1) is 12.0 Å². The molecule has 1 amide bonds. The summed E-state index contributed by atoms with van der Waals surface area (Å²) >= 11 is 1.33. The number of thioether (sulfide) groups is 1. The number of carbonyl (C=O) groups is 1. The molecule has 5 nitrogen and oxygen atoms in total. The quantitative estimate of drug-likeness (QED) is 0.385. The summed E-state index contributed by atoms with van der Waals surface area (Å²) in [5.41, 5.74) is 6.06. The highest BCUT2D eigenvalue weighted by Crippen LogP contribution is 2.58. The number of nitrogens with one attached hydrogen (secondary N) is 1. The molecule has 2 bridgehead atoms. The van der Waals surface area contributed by atoms with Gasteiger partial charge in [0.15, 0.2) is 5.16 Å². The van der Waals surface area contributed by atoms with Crippen LogP contribution in [0.25, 0.3) is 0 Å². The molecule has 6 heteroatoms. The molecule has 2 atom stereocenters. The van der Waals surface area contributed by atoms with Gasteiger partial charge in [-0.1, -0.05) is 31.7 Å². The van der Waals surface area contributed by atoms with E-state index in [0.717, 1.165) is 23.7 Å². The molecule has 1 N–H and O–H groups in total. The SMILES string of the molecule is Cc1cc(C)nc(SCC(=O)N/N=C/C2=CC[C@H]3C[C@H]2C3(C)C)n1. The third-order valence-electron chi connectivity index (χ3n) is 5.21. The zero-order chi connectivity index (χ0) is 17.3. The van der Waals surface area contributed by atoms with Crippen molar-refractivity contribution < 1.29 is 4.79 Å². The van der Waals surface area contributed by atoms with E-state index in [1.807, 2.05) is 26.1 Å². The second-order valence-electron chi connectivity index (χ2n) is 7.26. The van der Waals surface area contributed by atoms with E-state index in [2.05, 4.69) is 40.4 Å². The third kappa shape index (κ3) is 3.53. The van der Waals surface area contributed by atoms with Gasteiger partial charge in [-0.05, 0) is 55.6 Å². The highest BCUT2D eigenvalue weighted by Gasteiger charge is 2.50. The topological polar surface area (TPSA) is 67.2 Å². The molecule has 0 radical (unpaired) electrons. The van der Waals surface area contributed by atoms with Crippen molar-refractivity contribution in [1.29, 1.82) is 0 Å². The first kappa shape index (κ1) is 17.1. The predicted molar refractivity (Wildman–Crippen MR) is 96.9 cm³/mol. The molecule has 0 saturated heterocycles. The maximum absolute atomic E-state index is 11.9. The molecule has 1 heterocycles. The normalized spacial score (nSPS) is 24.4. The molecule has 0 aliphatic heterocycles. The van der Waals surface area contributed by atoms with Crippen LogP contribution in [-0.4, -0.2) is 27.8 Å². The minimum atomic E-state index is -0.138. The lowest BCUT2D eigenvalue weighted by atomic mass is 9.49. The van der Waals surface area contributed by atoms with Crippen LogP contribution in [0.2, 0.25) is 0 Å². The Kier molecular flexibility index (Phi) is 4.76. The summed E-state index contributed by atoms with van der Waals surface area (Å²) in [4.78, 5) is 20.6. The van der Waals surface area contributed by atoms with Gasteiger partial charge in [0.1, 0.15) is 0 Å². The molecule has 1 aromatic rings. The van der Waals surface area contributed by atoms with Crippen molar-refractivity contribution in [2.24, 2.45) is 22.4 Å². The molecule has 128 valence electrons. The Hall–Kier alpha value is -1.69. The number of hydrazone groups is 1. The fourth-order valence-electron chi connectivity index (χ4n) is 3.64. The predicted octanol–water partition coefficient (Wildman–Crippen LogP) is 3.28. The third-order valence-corrected chi connectivity index (χ3v) is 6.06. The van der Waals surface area contributed by atoms with Crippen LogP contribution in [-0.2, 0) is 4.79 Å².